The fourth-order valence-electron chi connectivity index (χ4n) is 4.39. The second kappa shape index (κ2) is 7.98. The highest BCUT2D eigenvalue weighted by molar-refractivity contribution is 5.84. The van der Waals surface area contributed by atoms with Crippen LogP contribution in [0.4, 0.5) is 0 Å². The van der Waals surface area contributed by atoms with Gasteiger partial charge in [-0.2, -0.15) is 4.98 Å². The number of nitro groups is 1. The minimum Gasteiger partial charge on any atom is -0.363 e. The highest BCUT2D eigenvalue weighted by atomic mass is 16.6. The summed E-state index contributed by atoms with van der Waals surface area (Å²) in [5.41, 5.74) is 6.00. The molecule has 2 aromatic heterocycles. The summed E-state index contributed by atoms with van der Waals surface area (Å²) >= 11 is 0. The van der Waals surface area contributed by atoms with Crippen LogP contribution in [0.5, 0.6) is 0 Å². The number of benzene rings is 1. The van der Waals surface area contributed by atoms with Crippen LogP contribution in [0.2, 0.25) is 0 Å². The number of aromatic nitrogens is 3. The molecule has 1 aromatic carbocycles. The third kappa shape index (κ3) is 3.55. The van der Waals surface area contributed by atoms with E-state index < -0.39 is 0 Å². The SMILES string of the molecule is CC1CCCCN1C1=CC=C=C(c2nc(-c3ccc4c(ccn4C)c3)no2)C=C1[N+](=O)[O-]. The van der Waals surface area contributed by atoms with E-state index in [2.05, 4.69) is 27.7 Å². The largest absolute Gasteiger partial charge is 0.363 e. The van der Waals surface area contributed by atoms with Crippen LogP contribution in [-0.4, -0.2) is 37.1 Å². The number of hydrogen-bond acceptors (Lipinski definition) is 6. The highest BCUT2D eigenvalue weighted by Gasteiger charge is 2.30. The highest BCUT2D eigenvalue weighted by Crippen LogP contribution is 2.30. The van der Waals surface area contributed by atoms with E-state index in [0.29, 0.717) is 17.1 Å². The summed E-state index contributed by atoms with van der Waals surface area (Å²) in [5, 5.41) is 17.1. The topological polar surface area (TPSA) is 90.2 Å². The summed E-state index contributed by atoms with van der Waals surface area (Å²) in [6.07, 6.45) is 10.1. The lowest BCUT2D eigenvalue weighted by molar-refractivity contribution is -0.422. The molecule has 1 unspecified atom stereocenters. The van der Waals surface area contributed by atoms with Gasteiger partial charge in [0.1, 0.15) is 5.70 Å². The van der Waals surface area contributed by atoms with Crippen LogP contribution in [-0.2, 0) is 7.05 Å². The van der Waals surface area contributed by atoms with Crippen molar-refractivity contribution < 1.29 is 9.45 Å². The molecule has 0 radical (unpaired) electrons. The second-order valence-electron chi connectivity index (χ2n) is 8.22. The standard InChI is InChI=1S/C24H23N5O3/c1-16-6-3-4-12-28(16)21-8-5-7-19(15-22(21)29(30)31)24-25-23(26-32-24)18-9-10-20-17(14-18)11-13-27(20)2/h5,8-11,13-16H,3-4,6,12H2,1-2H3. The van der Waals surface area contributed by atoms with E-state index in [1.54, 1.807) is 12.2 Å². The summed E-state index contributed by atoms with van der Waals surface area (Å²) in [5.74, 6) is 0.628. The molecule has 0 amide bonds. The maximum atomic E-state index is 11.9. The lowest BCUT2D eigenvalue weighted by atomic mass is 10.0. The van der Waals surface area contributed by atoms with Gasteiger partial charge in [0.2, 0.25) is 5.82 Å². The molecule has 2 aliphatic rings. The van der Waals surface area contributed by atoms with Crippen LogP contribution in [0.3, 0.4) is 0 Å². The lowest BCUT2D eigenvalue weighted by Crippen LogP contribution is -2.38. The number of aryl methyl sites for hydroxylation is 1. The molecule has 0 bridgehead atoms. The van der Waals surface area contributed by atoms with Crippen LogP contribution in [0.15, 0.2) is 70.3 Å². The van der Waals surface area contributed by atoms with Gasteiger partial charge in [-0.25, -0.2) is 0 Å². The normalized spacial score (nSPS) is 18.9. The maximum absolute atomic E-state index is 11.9. The number of allylic oxidation sites excluding steroid dienone is 3. The molecule has 8 nitrogen and oxygen atoms in total. The van der Waals surface area contributed by atoms with E-state index in [-0.39, 0.29) is 22.6 Å². The minimum absolute atomic E-state index is 0.0143. The first-order valence-electron chi connectivity index (χ1n) is 10.7. The molecule has 3 aromatic rings. The molecule has 1 aliphatic heterocycles. The van der Waals surface area contributed by atoms with E-state index >= 15 is 0 Å². The lowest BCUT2D eigenvalue weighted by Gasteiger charge is -2.35. The van der Waals surface area contributed by atoms with Gasteiger partial charge in [0.05, 0.1) is 10.5 Å². The maximum Gasteiger partial charge on any atom is 0.293 e. The van der Waals surface area contributed by atoms with E-state index in [1.807, 2.05) is 42.1 Å². The Hall–Kier alpha value is -3.90. The molecule has 0 N–H and O–H groups in total. The Kier molecular flexibility index (Phi) is 4.99. The molecule has 3 heterocycles. The number of hydrogen-bond donors (Lipinski definition) is 0. The molecule has 32 heavy (non-hydrogen) atoms. The molecule has 1 fully saturated rings. The van der Waals surface area contributed by atoms with Crippen LogP contribution >= 0.6 is 0 Å². The molecule has 5 rings (SSSR count). The Bertz CT molecular complexity index is 1340. The number of fused-ring (bicyclic) bond motifs is 1. The van der Waals surface area contributed by atoms with Crippen molar-refractivity contribution in [3.63, 3.8) is 0 Å². The third-order valence-electron chi connectivity index (χ3n) is 6.13. The van der Waals surface area contributed by atoms with Gasteiger partial charge in [-0.3, -0.25) is 10.1 Å². The number of nitrogens with zero attached hydrogens (tertiary/aromatic N) is 5. The van der Waals surface area contributed by atoms with Crippen molar-refractivity contribution in [3.05, 3.63) is 81.8 Å². The van der Waals surface area contributed by atoms with Crippen molar-refractivity contribution >= 4 is 16.5 Å². The van der Waals surface area contributed by atoms with Crippen molar-refractivity contribution in [1.29, 1.82) is 0 Å². The fraction of sp³-hybridized carbons (Fsp3) is 0.292. The Balaban J connectivity index is 1.48. The number of rotatable bonds is 4. The molecule has 1 saturated heterocycles. The second-order valence-corrected chi connectivity index (χ2v) is 8.22. The Morgan fingerprint density at radius 2 is 2.16 bits per heavy atom. The third-order valence-corrected chi connectivity index (χ3v) is 6.13. The fourth-order valence-corrected chi connectivity index (χ4v) is 4.39. The predicted octanol–water partition coefficient (Wildman–Crippen LogP) is 4.70. The van der Waals surface area contributed by atoms with Gasteiger partial charge in [0, 0.05) is 48.4 Å². The molecule has 8 heteroatoms. The quantitative estimate of drug-likeness (QED) is 0.339. The monoisotopic (exact) mass is 429 g/mol. The van der Waals surface area contributed by atoms with Gasteiger partial charge in [-0.05, 0) is 62.6 Å². The Morgan fingerprint density at radius 3 is 2.97 bits per heavy atom. The summed E-state index contributed by atoms with van der Waals surface area (Å²) in [6.45, 7) is 2.91. The minimum atomic E-state index is -0.353. The van der Waals surface area contributed by atoms with Crippen molar-refractivity contribution in [1.82, 2.24) is 19.6 Å². The smallest absolute Gasteiger partial charge is 0.293 e. The molecule has 0 saturated carbocycles. The molecule has 0 spiro atoms. The van der Waals surface area contributed by atoms with Crippen LogP contribution < -0.4 is 0 Å². The van der Waals surface area contributed by atoms with Gasteiger partial charge >= 0.3 is 0 Å². The van der Waals surface area contributed by atoms with Crippen molar-refractivity contribution in [2.24, 2.45) is 7.05 Å². The number of likely N-dealkylation sites (tertiary alicyclic amines) is 1. The van der Waals surface area contributed by atoms with E-state index in [4.69, 9.17) is 4.52 Å². The van der Waals surface area contributed by atoms with Crippen molar-refractivity contribution in [2.45, 2.75) is 32.2 Å². The molecule has 1 atom stereocenters. The average molecular weight is 429 g/mol. The average Bonchev–Trinajstić information content (AvgIpc) is 3.35. The predicted molar refractivity (Wildman–Crippen MR) is 121 cm³/mol. The van der Waals surface area contributed by atoms with Gasteiger partial charge in [0.15, 0.2) is 0 Å². The number of piperidine rings is 1. The Labute approximate surface area is 185 Å². The van der Waals surface area contributed by atoms with E-state index in [0.717, 1.165) is 42.3 Å². The first-order chi connectivity index (χ1) is 15.5. The summed E-state index contributed by atoms with van der Waals surface area (Å²) in [7, 11) is 1.99. The van der Waals surface area contributed by atoms with Gasteiger partial charge in [-0.1, -0.05) is 5.16 Å². The zero-order chi connectivity index (χ0) is 22.2. The van der Waals surface area contributed by atoms with Crippen LogP contribution in [0.25, 0.3) is 27.9 Å². The van der Waals surface area contributed by atoms with Gasteiger partial charge < -0.3 is 14.0 Å². The van der Waals surface area contributed by atoms with Gasteiger partial charge in [0.25, 0.3) is 11.6 Å². The zero-order valence-electron chi connectivity index (χ0n) is 18.0. The Morgan fingerprint density at radius 1 is 1.28 bits per heavy atom. The zero-order valence-corrected chi connectivity index (χ0v) is 18.0. The molecule has 1 aliphatic carbocycles. The molecule has 162 valence electrons. The van der Waals surface area contributed by atoms with Crippen molar-refractivity contribution in [2.75, 3.05) is 6.54 Å². The van der Waals surface area contributed by atoms with E-state index in [1.165, 1.54) is 6.08 Å². The van der Waals surface area contributed by atoms with E-state index in [9.17, 15) is 10.1 Å². The summed E-state index contributed by atoms with van der Waals surface area (Å²) < 4.78 is 7.51. The van der Waals surface area contributed by atoms with Gasteiger partial charge in [-0.15, -0.1) is 5.73 Å². The first kappa shape index (κ1) is 20.0. The summed E-state index contributed by atoms with van der Waals surface area (Å²) in [6, 6.07) is 8.21. The van der Waals surface area contributed by atoms with Crippen LogP contribution in [0, 0.1) is 10.1 Å². The molecular weight excluding hydrogens is 406 g/mol. The molecular formula is C24H23N5O3. The van der Waals surface area contributed by atoms with Crippen LogP contribution in [0.1, 0.15) is 32.1 Å². The van der Waals surface area contributed by atoms with Crippen molar-refractivity contribution in [3.8, 4) is 11.4 Å². The first-order valence-corrected chi connectivity index (χ1v) is 10.7. The summed E-state index contributed by atoms with van der Waals surface area (Å²) in [4.78, 5) is 18.2.